The van der Waals surface area contributed by atoms with Gasteiger partial charge >= 0.3 is 0 Å². The molecule has 0 saturated carbocycles. The zero-order valence-electron chi connectivity index (χ0n) is 5.25. The minimum atomic E-state index is -0.900. The maximum absolute atomic E-state index is 10.3. The third kappa shape index (κ3) is 2.12. The van der Waals surface area contributed by atoms with E-state index in [4.69, 9.17) is 0 Å². The molecule has 0 bridgehead atoms. The predicted octanol–water partition coefficient (Wildman–Crippen LogP) is 0.504. The van der Waals surface area contributed by atoms with Crippen molar-refractivity contribution in [2.75, 3.05) is 0 Å². The van der Waals surface area contributed by atoms with Gasteiger partial charge in [0.1, 0.15) is 5.78 Å². The molecule has 0 fully saturated rings. The third-order valence-corrected chi connectivity index (χ3v) is 1.07. The molecule has 0 N–H and O–H groups in total. The van der Waals surface area contributed by atoms with Gasteiger partial charge in [-0.3, -0.25) is 9.59 Å². The van der Waals surface area contributed by atoms with Crippen LogP contribution in [-0.2, 0) is 9.59 Å². The number of nitroso groups, excluding NO2 is 1. The van der Waals surface area contributed by atoms with Crippen molar-refractivity contribution in [3.05, 3.63) is 4.91 Å². The van der Waals surface area contributed by atoms with Crippen LogP contribution in [0, 0.1) is 10.8 Å². The van der Waals surface area contributed by atoms with Gasteiger partial charge in [-0.25, -0.2) is 0 Å². The first-order chi connectivity index (χ1) is 4.09. The molecule has 1 unspecified atom stereocenters. The van der Waals surface area contributed by atoms with Crippen LogP contribution in [0.5, 0.6) is 0 Å². The second kappa shape index (κ2) is 3.06. The SMILES string of the molecule is CC(=O)C(C)C(=O)N=O. The van der Waals surface area contributed by atoms with Gasteiger partial charge in [0.15, 0.2) is 0 Å². The molecular formula is C5H7NO3. The van der Waals surface area contributed by atoms with Crippen molar-refractivity contribution < 1.29 is 9.59 Å². The second-order valence-electron chi connectivity index (χ2n) is 1.76. The highest BCUT2D eigenvalue weighted by molar-refractivity contribution is 6.00. The molecule has 0 aliphatic carbocycles. The second-order valence-corrected chi connectivity index (χ2v) is 1.76. The molecule has 0 radical (unpaired) electrons. The number of nitrogens with zero attached hydrogens (tertiary/aromatic N) is 1. The van der Waals surface area contributed by atoms with Crippen LogP contribution in [0.15, 0.2) is 5.18 Å². The molecule has 1 amide bonds. The van der Waals surface area contributed by atoms with Crippen LogP contribution in [0.1, 0.15) is 13.8 Å². The van der Waals surface area contributed by atoms with Crippen LogP contribution in [0.3, 0.4) is 0 Å². The fraction of sp³-hybridized carbons (Fsp3) is 0.600. The Morgan fingerprint density at radius 3 is 2.00 bits per heavy atom. The van der Waals surface area contributed by atoms with Gasteiger partial charge in [-0.1, -0.05) is 0 Å². The van der Waals surface area contributed by atoms with E-state index in [1.165, 1.54) is 13.8 Å². The molecule has 0 saturated heterocycles. The summed E-state index contributed by atoms with van der Waals surface area (Å²) in [5, 5.41) is 2.10. The summed E-state index contributed by atoms with van der Waals surface area (Å²) < 4.78 is 0. The molecule has 4 nitrogen and oxygen atoms in total. The number of rotatable bonds is 2. The molecule has 0 rings (SSSR count). The average molecular weight is 129 g/mol. The van der Waals surface area contributed by atoms with Crippen molar-refractivity contribution in [3.63, 3.8) is 0 Å². The minimum Gasteiger partial charge on any atom is -0.299 e. The van der Waals surface area contributed by atoms with Crippen LogP contribution in [-0.4, -0.2) is 11.7 Å². The zero-order valence-corrected chi connectivity index (χ0v) is 5.25. The molecule has 4 heteroatoms. The molecule has 50 valence electrons. The Morgan fingerprint density at radius 1 is 1.44 bits per heavy atom. The van der Waals surface area contributed by atoms with Crippen molar-refractivity contribution in [2.24, 2.45) is 11.1 Å². The monoisotopic (exact) mass is 129 g/mol. The molecule has 9 heavy (non-hydrogen) atoms. The summed E-state index contributed by atoms with van der Waals surface area (Å²) in [7, 11) is 0. The Kier molecular flexibility index (Phi) is 2.70. The lowest BCUT2D eigenvalue weighted by atomic mass is 10.1. The van der Waals surface area contributed by atoms with Gasteiger partial charge in [0.2, 0.25) is 0 Å². The fourth-order valence-electron chi connectivity index (χ4n) is 0.253. The summed E-state index contributed by atoms with van der Waals surface area (Å²) in [6.07, 6.45) is 0. The van der Waals surface area contributed by atoms with E-state index in [0.717, 1.165) is 0 Å². The van der Waals surface area contributed by atoms with Crippen molar-refractivity contribution >= 4 is 11.7 Å². The van der Waals surface area contributed by atoms with Gasteiger partial charge in [0, 0.05) is 5.18 Å². The number of hydrogen-bond donors (Lipinski definition) is 0. The molecule has 0 aromatic carbocycles. The highest BCUT2D eigenvalue weighted by Gasteiger charge is 2.17. The van der Waals surface area contributed by atoms with E-state index in [-0.39, 0.29) is 5.78 Å². The Morgan fingerprint density at radius 2 is 1.89 bits per heavy atom. The fourth-order valence-corrected chi connectivity index (χ4v) is 0.253. The lowest BCUT2D eigenvalue weighted by Crippen LogP contribution is -2.15. The zero-order chi connectivity index (χ0) is 7.44. The van der Waals surface area contributed by atoms with Gasteiger partial charge < -0.3 is 0 Å². The average Bonchev–Trinajstić information content (AvgIpc) is 1.84. The number of carbonyl (C=O) groups is 2. The summed E-state index contributed by atoms with van der Waals surface area (Å²) in [5.41, 5.74) is 0. The Balaban J connectivity index is 4.03. The first kappa shape index (κ1) is 7.94. The number of ketones is 1. The van der Waals surface area contributed by atoms with Crippen LogP contribution in [0.4, 0.5) is 0 Å². The Hall–Kier alpha value is -1.06. The normalized spacial score (nSPS) is 12.2. The van der Waals surface area contributed by atoms with E-state index in [1.807, 2.05) is 0 Å². The smallest absolute Gasteiger partial charge is 0.296 e. The number of carbonyl (C=O) groups excluding carboxylic acids is 2. The van der Waals surface area contributed by atoms with E-state index in [2.05, 4.69) is 5.18 Å². The Bertz CT molecular complexity index is 152. The molecular weight excluding hydrogens is 122 g/mol. The molecule has 0 aromatic heterocycles. The third-order valence-electron chi connectivity index (χ3n) is 1.07. The quantitative estimate of drug-likeness (QED) is 0.403. The molecule has 0 aromatic rings. The summed E-state index contributed by atoms with van der Waals surface area (Å²) in [4.78, 5) is 30.1. The standard InChI is InChI=1S/C5H7NO3/c1-3(4(2)7)5(8)6-9/h3H,1-2H3. The van der Waals surface area contributed by atoms with Crippen molar-refractivity contribution in [2.45, 2.75) is 13.8 Å². The van der Waals surface area contributed by atoms with E-state index < -0.39 is 11.8 Å². The molecule has 0 aliphatic heterocycles. The van der Waals surface area contributed by atoms with Gasteiger partial charge in [-0.05, 0) is 13.8 Å². The summed E-state index contributed by atoms with van der Waals surface area (Å²) in [5.74, 6) is -2.11. The lowest BCUT2D eigenvalue weighted by molar-refractivity contribution is -0.130. The topological polar surface area (TPSA) is 63.6 Å². The van der Waals surface area contributed by atoms with Crippen molar-refractivity contribution in [1.82, 2.24) is 0 Å². The summed E-state index contributed by atoms with van der Waals surface area (Å²) in [6, 6.07) is 0. The highest BCUT2D eigenvalue weighted by atomic mass is 16.3. The van der Waals surface area contributed by atoms with Gasteiger partial charge in [-0.2, -0.15) is 0 Å². The summed E-state index contributed by atoms with van der Waals surface area (Å²) in [6.45, 7) is 2.60. The minimum absolute atomic E-state index is 0.334. The van der Waals surface area contributed by atoms with Crippen molar-refractivity contribution in [1.29, 1.82) is 0 Å². The first-order valence-electron chi connectivity index (χ1n) is 2.47. The highest BCUT2D eigenvalue weighted by Crippen LogP contribution is 1.97. The molecule has 0 aliphatic rings. The van der Waals surface area contributed by atoms with E-state index >= 15 is 0 Å². The maximum atomic E-state index is 10.3. The number of hydrogen-bond acceptors (Lipinski definition) is 3. The lowest BCUT2D eigenvalue weighted by Gasteiger charge is -1.95. The van der Waals surface area contributed by atoms with Gasteiger partial charge in [-0.15, -0.1) is 4.91 Å². The van der Waals surface area contributed by atoms with Crippen LogP contribution < -0.4 is 0 Å². The largest absolute Gasteiger partial charge is 0.299 e. The van der Waals surface area contributed by atoms with E-state index in [0.29, 0.717) is 0 Å². The Labute approximate surface area is 52.2 Å². The molecule has 0 heterocycles. The van der Waals surface area contributed by atoms with E-state index in [9.17, 15) is 14.5 Å². The van der Waals surface area contributed by atoms with Gasteiger partial charge in [0.25, 0.3) is 5.91 Å². The van der Waals surface area contributed by atoms with Gasteiger partial charge in [0.05, 0.1) is 5.92 Å². The summed E-state index contributed by atoms with van der Waals surface area (Å²) >= 11 is 0. The molecule has 1 atom stereocenters. The maximum Gasteiger partial charge on any atom is 0.296 e. The van der Waals surface area contributed by atoms with Crippen molar-refractivity contribution in [3.8, 4) is 0 Å². The van der Waals surface area contributed by atoms with Crippen LogP contribution >= 0.6 is 0 Å². The predicted molar refractivity (Wildman–Crippen MR) is 30.6 cm³/mol. The van der Waals surface area contributed by atoms with Crippen LogP contribution in [0.2, 0.25) is 0 Å². The number of Topliss-reactive ketones (excluding diaryl/α,β-unsaturated/α-hetero) is 1. The first-order valence-corrected chi connectivity index (χ1v) is 2.47. The number of amides is 1. The van der Waals surface area contributed by atoms with Crippen LogP contribution in [0.25, 0.3) is 0 Å². The molecule has 0 spiro atoms. The van der Waals surface area contributed by atoms with E-state index in [1.54, 1.807) is 0 Å².